The first-order valence-electron chi connectivity index (χ1n) is 5.81. The summed E-state index contributed by atoms with van der Waals surface area (Å²) in [4.78, 5) is 6.89. The lowest BCUT2D eigenvalue weighted by atomic mass is 10.1. The Morgan fingerprint density at radius 1 is 1.33 bits per heavy atom. The number of nitrogens with two attached hydrogens (primary N) is 1. The van der Waals surface area contributed by atoms with Gasteiger partial charge in [-0.1, -0.05) is 0 Å². The van der Waals surface area contributed by atoms with Crippen LogP contribution in [0.2, 0.25) is 0 Å². The highest BCUT2D eigenvalue weighted by atomic mass is 15.3. The number of hydrogen-bond donors (Lipinski definition) is 1. The molecule has 0 amide bonds. The molecular weight excluding hydrogens is 188 g/mol. The number of imidazole rings is 1. The van der Waals surface area contributed by atoms with Crippen molar-refractivity contribution in [1.82, 2.24) is 14.5 Å². The Bertz CT molecular complexity index is 371. The Labute approximate surface area is 90.1 Å². The van der Waals surface area contributed by atoms with Crippen molar-refractivity contribution in [3.63, 3.8) is 0 Å². The fourth-order valence-electron chi connectivity index (χ4n) is 3.18. The molecule has 0 spiro atoms. The van der Waals surface area contributed by atoms with Crippen molar-refractivity contribution in [2.24, 2.45) is 0 Å². The van der Waals surface area contributed by atoms with Gasteiger partial charge in [0.05, 0.1) is 11.7 Å². The highest BCUT2D eigenvalue weighted by Crippen LogP contribution is 2.37. The van der Waals surface area contributed by atoms with E-state index in [1.807, 2.05) is 6.92 Å². The molecule has 2 saturated heterocycles. The molecule has 2 N–H and O–H groups in total. The third-order valence-electron chi connectivity index (χ3n) is 3.81. The lowest BCUT2D eigenvalue weighted by Gasteiger charge is -2.21. The molecule has 0 radical (unpaired) electrons. The van der Waals surface area contributed by atoms with Crippen molar-refractivity contribution >= 4 is 5.95 Å². The summed E-state index contributed by atoms with van der Waals surface area (Å²) in [5.74, 6) is 0.686. The number of nitrogen functional groups attached to an aromatic ring is 1. The van der Waals surface area contributed by atoms with Crippen LogP contribution < -0.4 is 5.73 Å². The second-order valence-corrected chi connectivity index (χ2v) is 4.75. The van der Waals surface area contributed by atoms with Gasteiger partial charge in [0.25, 0.3) is 0 Å². The van der Waals surface area contributed by atoms with Crippen LogP contribution in [0.15, 0.2) is 6.20 Å². The Kier molecular flexibility index (Phi) is 1.99. The van der Waals surface area contributed by atoms with Gasteiger partial charge in [0, 0.05) is 18.8 Å². The summed E-state index contributed by atoms with van der Waals surface area (Å²) in [5.41, 5.74) is 6.97. The third-order valence-corrected chi connectivity index (χ3v) is 3.81. The lowest BCUT2D eigenvalue weighted by Crippen LogP contribution is -2.27. The van der Waals surface area contributed by atoms with E-state index in [9.17, 15) is 0 Å². The first-order chi connectivity index (χ1) is 7.25. The number of aryl methyl sites for hydroxylation is 1. The number of hydrogen-bond acceptors (Lipinski definition) is 3. The van der Waals surface area contributed by atoms with Gasteiger partial charge >= 0.3 is 0 Å². The maximum Gasteiger partial charge on any atom is 0.200 e. The van der Waals surface area contributed by atoms with Crippen molar-refractivity contribution < 1.29 is 0 Å². The highest BCUT2D eigenvalue weighted by molar-refractivity contribution is 5.23. The molecule has 15 heavy (non-hydrogen) atoms. The van der Waals surface area contributed by atoms with E-state index >= 15 is 0 Å². The van der Waals surface area contributed by atoms with Crippen LogP contribution in [0.5, 0.6) is 0 Å². The minimum Gasteiger partial charge on any atom is -0.369 e. The van der Waals surface area contributed by atoms with Crippen LogP contribution >= 0.6 is 0 Å². The summed E-state index contributed by atoms with van der Waals surface area (Å²) < 4.78 is 2.19. The van der Waals surface area contributed by atoms with Gasteiger partial charge in [-0.2, -0.15) is 0 Å². The second kappa shape index (κ2) is 3.23. The summed E-state index contributed by atoms with van der Waals surface area (Å²) in [5, 5.41) is 0. The maximum atomic E-state index is 5.94. The minimum atomic E-state index is 0.564. The molecule has 4 nitrogen and oxygen atoms in total. The van der Waals surface area contributed by atoms with Gasteiger partial charge in [-0.15, -0.1) is 0 Å². The van der Waals surface area contributed by atoms with Gasteiger partial charge in [0.1, 0.15) is 0 Å². The molecule has 2 atom stereocenters. The summed E-state index contributed by atoms with van der Waals surface area (Å²) in [6.07, 6.45) is 5.99. The molecule has 3 heterocycles. The summed E-state index contributed by atoms with van der Waals surface area (Å²) in [6, 6.07) is 1.27. The van der Waals surface area contributed by atoms with Crippen LogP contribution in [-0.2, 0) is 0 Å². The zero-order valence-corrected chi connectivity index (χ0v) is 9.19. The Morgan fingerprint density at radius 2 is 2.20 bits per heavy atom. The number of nitrogens with zero attached hydrogens (tertiary/aromatic N) is 3. The van der Waals surface area contributed by atoms with Gasteiger partial charge < -0.3 is 10.3 Å². The fraction of sp³-hybridized carbons (Fsp3) is 0.727. The van der Waals surface area contributed by atoms with Crippen molar-refractivity contribution in [2.45, 2.75) is 38.3 Å². The molecule has 1 aromatic heterocycles. The van der Waals surface area contributed by atoms with Crippen molar-refractivity contribution in [2.75, 3.05) is 18.8 Å². The molecule has 2 unspecified atom stereocenters. The molecular formula is C11H18N4. The Balaban J connectivity index is 1.91. The van der Waals surface area contributed by atoms with Gasteiger partial charge in [0.15, 0.2) is 0 Å². The average Bonchev–Trinajstić information content (AvgIpc) is 2.80. The Hall–Kier alpha value is -1.03. The molecule has 82 valence electrons. The van der Waals surface area contributed by atoms with E-state index in [1.54, 1.807) is 0 Å². The van der Waals surface area contributed by atoms with E-state index < -0.39 is 0 Å². The first-order valence-corrected chi connectivity index (χ1v) is 5.81. The van der Waals surface area contributed by atoms with E-state index in [2.05, 4.69) is 20.6 Å². The SMILES string of the molecule is Cc1cn(C2CCN3CCCC23)c(N)n1. The van der Waals surface area contributed by atoms with E-state index in [0.717, 1.165) is 5.69 Å². The molecule has 0 aliphatic carbocycles. The van der Waals surface area contributed by atoms with Crippen LogP contribution in [-0.4, -0.2) is 33.6 Å². The fourth-order valence-corrected chi connectivity index (χ4v) is 3.18. The lowest BCUT2D eigenvalue weighted by molar-refractivity contribution is 0.291. The van der Waals surface area contributed by atoms with Crippen LogP contribution in [0.4, 0.5) is 5.95 Å². The first kappa shape index (κ1) is 9.21. The minimum absolute atomic E-state index is 0.564. The van der Waals surface area contributed by atoms with Crippen molar-refractivity contribution in [3.8, 4) is 0 Å². The van der Waals surface area contributed by atoms with E-state index in [0.29, 0.717) is 18.0 Å². The maximum absolute atomic E-state index is 5.94. The molecule has 0 aromatic carbocycles. The summed E-state index contributed by atoms with van der Waals surface area (Å²) >= 11 is 0. The average molecular weight is 206 g/mol. The van der Waals surface area contributed by atoms with Crippen LogP contribution in [0.1, 0.15) is 31.0 Å². The van der Waals surface area contributed by atoms with Crippen molar-refractivity contribution in [3.05, 3.63) is 11.9 Å². The van der Waals surface area contributed by atoms with E-state index in [-0.39, 0.29) is 0 Å². The second-order valence-electron chi connectivity index (χ2n) is 4.75. The Morgan fingerprint density at radius 3 is 2.93 bits per heavy atom. The van der Waals surface area contributed by atoms with Crippen LogP contribution in [0, 0.1) is 6.92 Å². The molecule has 2 aliphatic rings. The largest absolute Gasteiger partial charge is 0.369 e. The molecule has 3 rings (SSSR count). The number of aromatic nitrogens is 2. The van der Waals surface area contributed by atoms with Gasteiger partial charge in [-0.3, -0.25) is 4.90 Å². The molecule has 2 aliphatic heterocycles. The predicted molar refractivity (Wildman–Crippen MR) is 59.6 cm³/mol. The normalized spacial score (nSPS) is 31.0. The summed E-state index contributed by atoms with van der Waals surface area (Å²) in [6.45, 7) is 4.51. The molecule has 4 heteroatoms. The molecule has 0 saturated carbocycles. The standard InChI is InChI=1S/C11H18N4/c1-8-7-15(11(12)13-8)10-4-6-14-5-2-3-9(10)14/h7,9-10H,2-6H2,1H3,(H2,12,13). The zero-order valence-electron chi connectivity index (χ0n) is 9.19. The van der Waals surface area contributed by atoms with Crippen LogP contribution in [0.25, 0.3) is 0 Å². The topological polar surface area (TPSA) is 47.1 Å². The van der Waals surface area contributed by atoms with Gasteiger partial charge in [-0.25, -0.2) is 4.98 Å². The van der Waals surface area contributed by atoms with Crippen LogP contribution in [0.3, 0.4) is 0 Å². The van der Waals surface area contributed by atoms with E-state index in [1.165, 1.54) is 32.4 Å². The zero-order chi connectivity index (χ0) is 10.4. The smallest absolute Gasteiger partial charge is 0.200 e. The number of rotatable bonds is 1. The van der Waals surface area contributed by atoms with Gasteiger partial charge in [0.2, 0.25) is 5.95 Å². The number of fused-ring (bicyclic) bond motifs is 1. The van der Waals surface area contributed by atoms with Gasteiger partial charge in [-0.05, 0) is 32.7 Å². The predicted octanol–water partition coefficient (Wildman–Crippen LogP) is 1.18. The molecule has 1 aromatic rings. The monoisotopic (exact) mass is 206 g/mol. The third kappa shape index (κ3) is 1.35. The summed E-state index contributed by atoms with van der Waals surface area (Å²) in [7, 11) is 0. The molecule has 0 bridgehead atoms. The van der Waals surface area contributed by atoms with Crippen molar-refractivity contribution in [1.29, 1.82) is 0 Å². The highest BCUT2D eigenvalue weighted by Gasteiger charge is 2.38. The van der Waals surface area contributed by atoms with E-state index in [4.69, 9.17) is 5.73 Å². The molecule has 2 fully saturated rings. The number of anilines is 1. The quantitative estimate of drug-likeness (QED) is 0.750.